The lowest BCUT2D eigenvalue weighted by molar-refractivity contribution is -0.136. The number of aryl methyl sites for hydroxylation is 1. The first kappa shape index (κ1) is 21.9. The van der Waals surface area contributed by atoms with E-state index in [2.05, 4.69) is 15.8 Å². The molecule has 0 aliphatic carbocycles. The molecule has 2 N–H and O–H groups in total. The van der Waals surface area contributed by atoms with Crippen LogP contribution in [0.5, 0.6) is 0 Å². The summed E-state index contributed by atoms with van der Waals surface area (Å²) in [4.78, 5) is 24.0. The van der Waals surface area contributed by atoms with Gasteiger partial charge in [0.1, 0.15) is 0 Å². The van der Waals surface area contributed by atoms with E-state index in [9.17, 15) is 9.59 Å². The van der Waals surface area contributed by atoms with Gasteiger partial charge in [0.25, 0.3) is 0 Å². The summed E-state index contributed by atoms with van der Waals surface area (Å²) < 4.78 is 1.99. The van der Waals surface area contributed by atoms with Crippen molar-refractivity contribution in [2.24, 2.45) is 5.10 Å². The molecule has 0 radical (unpaired) electrons. The maximum atomic E-state index is 12.0. The van der Waals surface area contributed by atoms with Crippen LogP contribution in [0.15, 0.2) is 53.6 Å². The molecule has 0 atom stereocenters. The fourth-order valence-electron chi connectivity index (χ4n) is 2.95. The van der Waals surface area contributed by atoms with Gasteiger partial charge in [-0.25, -0.2) is 5.43 Å². The highest BCUT2D eigenvalue weighted by Crippen LogP contribution is 2.25. The second kappa shape index (κ2) is 9.34. The van der Waals surface area contributed by atoms with Crippen LogP contribution in [0.1, 0.15) is 17.0 Å². The molecule has 0 saturated heterocycles. The van der Waals surface area contributed by atoms with Crippen LogP contribution in [0.3, 0.4) is 0 Å². The van der Waals surface area contributed by atoms with Crippen LogP contribution in [-0.2, 0) is 9.59 Å². The summed E-state index contributed by atoms with van der Waals surface area (Å²) >= 11 is 18.1. The Balaban J connectivity index is 1.69. The van der Waals surface area contributed by atoms with Crippen molar-refractivity contribution in [3.63, 3.8) is 0 Å². The average Bonchev–Trinajstić information content (AvgIpc) is 2.95. The van der Waals surface area contributed by atoms with E-state index in [1.165, 1.54) is 24.4 Å². The fraction of sp³-hybridized carbons (Fsp3) is 0.0952. The number of hydrogen-bond donors (Lipinski definition) is 2. The zero-order valence-electron chi connectivity index (χ0n) is 16.0. The Labute approximate surface area is 188 Å². The van der Waals surface area contributed by atoms with Crippen molar-refractivity contribution in [2.75, 3.05) is 5.32 Å². The fourth-order valence-corrected chi connectivity index (χ4v) is 3.69. The molecule has 6 nitrogen and oxygen atoms in total. The lowest BCUT2D eigenvalue weighted by atomic mass is 10.2. The molecule has 2 amide bonds. The third-order valence-electron chi connectivity index (χ3n) is 4.26. The Kier molecular flexibility index (Phi) is 6.82. The van der Waals surface area contributed by atoms with Crippen LogP contribution in [-0.4, -0.2) is 22.6 Å². The normalized spacial score (nSPS) is 11.0. The van der Waals surface area contributed by atoms with Crippen molar-refractivity contribution in [3.05, 3.63) is 80.6 Å². The number of hydrazone groups is 1. The number of amides is 2. The van der Waals surface area contributed by atoms with Gasteiger partial charge in [-0.15, -0.1) is 0 Å². The minimum absolute atomic E-state index is 0.305. The van der Waals surface area contributed by atoms with Crippen LogP contribution < -0.4 is 10.7 Å². The van der Waals surface area contributed by atoms with Crippen molar-refractivity contribution >= 4 is 58.5 Å². The van der Waals surface area contributed by atoms with E-state index < -0.39 is 11.8 Å². The van der Waals surface area contributed by atoms with Crippen LogP contribution in [0.25, 0.3) is 5.69 Å². The van der Waals surface area contributed by atoms with Crippen LogP contribution in [0.2, 0.25) is 15.1 Å². The number of carbonyl (C=O) groups is 2. The largest absolute Gasteiger partial charge is 0.329 e. The molecule has 2 aromatic carbocycles. The molecule has 0 saturated carbocycles. The molecule has 154 valence electrons. The van der Waals surface area contributed by atoms with E-state index in [-0.39, 0.29) is 0 Å². The van der Waals surface area contributed by atoms with Gasteiger partial charge in [0.2, 0.25) is 0 Å². The van der Waals surface area contributed by atoms with Crippen molar-refractivity contribution in [3.8, 4) is 5.69 Å². The van der Waals surface area contributed by atoms with E-state index in [0.717, 1.165) is 22.6 Å². The van der Waals surface area contributed by atoms with Crippen LogP contribution >= 0.6 is 34.8 Å². The first-order valence-corrected chi connectivity index (χ1v) is 9.94. The number of rotatable bonds is 4. The summed E-state index contributed by atoms with van der Waals surface area (Å²) in [6.45, 7) is 3.85. The van der Waals surface area contributed by atoms with E-state index in [4.69, 9.17) is 34.8 Å². The number of nitrogens with one attached hydrogen (secondary N) is 2. The molecular formula is C21H17Cl3N4O2. The third kappa shape index (κ3) is 5.02. The van der Waals surface area contributed by atoms with Gasteiger partial charge in [-0.1, -0.05) is 46.9 Å². The molecular weight excluding hydrogens is 447 g/mol. The molecule has 0 aliphatic rings. The third-order valence-corrected chi connectivity index (χ3v) is 5.02. The molecule has 1 aromatic heterocycles. The molecule has 0 unspecified atom stereocenters. The Morgan fingerprint density at radius 2 is 1.63 bits per heavy atom. The Morgan fingerprint density at radius 1 is 0.967 bits per heavy atom. The molecule has 1 heterocycles. The summed E-state index contributed by atoms with van der Waals surface area (Å²) in [6.07, 6.45) is 1.47. The lowest BCUT2D eigenvalue weighted by Gasteiger charge is -2.11. The van der Waals surface area contributed by atoms with E-state index in [0.29, 0.717) is 20.8 Å². The highest BCUT2D eigenvalue weighted by atomic mass is 35.5. The summed E-state index contributed by atoms with van der Waals surface area (Å²) in [6, 6.07) is 13.9. The number of halogens is 3. The molecule has 0 fully saturated rings. The second-order valence-electron chi connectivity index (χ2n) is 6.42. The summed E-state index contributed by atoms with van der Waals surface area (Å²) in [5, 5.41) is 7.59. The minimum atomic E-state index is -0.928. The van der Waals surface area contributed by atoms with Gasteiger partial charge in [0.15, 0.2) is 0 Å². The first-order valence-electron chi connectivity index (χ1n) is 8.80. The minimum Gasteiger partial charge on any atom is -0.318 e. The van der Waals surface area contributed by atoms with Gasteiger partial charge < -0.3 is 9.88 Å². The zero-order valence-corrected chi connectivity index (χ0v) is 18.3. The van der Waals surface area contributed by atoms with Crippen LogP contribution in [0, 0.1) is 13.8 Å². The second-order valence-corrected chi connectivity index (χ2v) is 7.70. The molecule has 3 aromatic rings. The number of aromatic nitrogens is 1. The summed E-state index contributed by atoms with van der Waals surface area (Å²) in [7, 11) is 0. The number of para-hydroxylation sites is 1. The molecule has 3 rings (SSSR count). The van der Waals surface area contributed by atoms with Gasteiger partial charge in [-0.05, 0) is 50.2 Å². The SMILES string of the molecule is Cc1cc(/C=N\NC(=O)C(=O)Nc2cc(Cl)cc(Cl)c2)c(C)n1-c1ccccc1Cl. The molecule has 0 bridgehead atoms. The predicted octanol–water partition coefficient (Wildman–Crippen LogP) is 5.14. The highest BCUT2D eigenvalue weighted by Gasteiger charge is 2.15. The molecule has 0 spiro atoms. The summed E-state index contributed by atoms with van der Waals surface area (Å²) in [5.74, 6) is -1.82. The number of benzene rings is 2. The first-order chi connectivity index (χ1) is 14.3. The molecule has 0 aliphatic heterocycles. The Morgan fingerprint density at radius 3 is 2.30 bits per heavy atom. The van der Waals surface area contributed by atoms with Gasteiger partial charge in [0, 0.05) is 32.7 Å². The lowest BCUT2D eigenvalue weighted by Crippen LogP contribution is -2.32. The number of anilines is 1. The van der Waals surface area contributed by atoms with Crippen LogP contribution in [0.4, 0.5) is 5.69 Å². The predicted molar refractivity (Wildman–Crippen MR) is 121 cm³/mol. The molecule has 9 heteroatoms. The topological polar surface area (TPSA) is 75.5 Å². The van der Waals surface area contributed by atoms with Gasteiger partial charge >= 0.3 is 11.8 Å². The monoisotopic (exact) mass is 462 g/mol. The molecule has 30 heavy (non-hydrogen) atoms. The van der Waals surface area contributed by atoms with Gasteiger partial charge in [0.05, 0.1) is 16.9 Å². The van der Waals surface area contributed by atoms with Crippen molar-refractivity contribution in [1.29, 1.82) is 0 Å². The number of nitrogens with zero attached hydrogens (tertiary/aromatic N) is 2. The quantitative estimate of drug-likeness (QED) is 0.319. The number of hydrogen-bond acceptors (Lipinski definition) is 3. The smallest absolute Gasteiger partial charge is 0.318 e. The summed E-state index contributed by atoms with van der Waals surface area (Å²) in [5.41, 5.74) is 5.96. The Hall–Kier alpha value is -2.80. The standard InChI is InChI=1S/C21H17Cl3N4O2/c1-12-7-14(13(2)28(12)19-6-4-3-5-18(19)24)11-25-27-21(30)20(29)26-17-9-15(22)8-16(23)10-17/h3-11H,1-2H3,(H,26,29)(H,27,30)/b25-11-. The highest BCUT2D eigenvalue weighted by molar-refractivity contribution is 6.40. The average molecular weight is 464 g/mol. The Bertz CT molecular complexity index is 1130. The van der Waals surface area contributed by atoms with Crippen molar-refractivity contribution < 1.29 is 9.59 Å². The zero-order chi connectivity index (χ0) is 21.8. The maximum absolute atomic E-state index is 12.0. The van der Waals surface area contributed by atoms with Crippen molar-refractivity contribution in [2.45, 2.75) is 13.8 Å². The van der Waals surface area contributed by atoms with E-state index in [1.807, 2.05) is 48.7 Å². The van der Waals surface area contributed by atoms with Crippen molar-refractivity contribution in [1.82, 2.24) is 9.99 Å². The van der Waals surface area contributed by atoms with E-state index >= 15 is 0 Å². The van der Waals surface area contributed by atoms with Gasteiger partial charge in [-0.3, -0.25) is 9.59 Å². The number of carbonyl (C=O) groups excluding carboxylic acids is 2. The van der Waals surface area contributed by atoms with E-state index in [1.54, 1.807) is 0 Å². The van der Waals surface area contributed by atoms with Gasteiger partial charge in [-0.2, -0.15) is 5.10 Å². The maximum Gasteiger partial charge on any atom is 0.329 e.